The summed E-state index contributed by atoms with van der Waals surface area (Å²) in [7, 11) is -2.56. The van der Waals surface area contributed by atoms with Gasteiger partial charge in [-0.05, 0) is 65.7 Å². The van der Waals surface area contributed by atoms with Crippen LogP contribution >= 0.6 is 0 Å². The number of anilines is 1. The maximum absolute atomic E-state index is 13.9. The lowest BCUT2D eigenvalue weighted by Gasteiger charge is -2.26. The third kappa shape index (κ3) is 5.70. The molecule has 39 heavy (non-hydrogen) atoms. The highest BCUT2D eigenvalue weighted by molar-refractivity contribution is 7.92. The largest absolute Gasteiger partial charge is 0.497 e. The van der Waals surface area contributed by atoms with E-state index in [1.165, 1.54) is 29.8 Å². The fourth-order valence-corrected chi connectivity index (χ4v) is 5.50. The normalized spacial score (nSPS) is 12.3. The number of amides is 1. The van der Waals surface area contributed by atoms with E-state index in [1.54, 1.807) is 54.6 Å². The van der Waals surface area contributed by atoms with E-state index < -0.39 is 15.9 Å². The molecule has 4 aromatic rings. The maximum atomic E-state index is 13.9. The Bertz CT molecular complexity index is 1610. The number of nitrogens with zero attached hydrogens (tertiary/aromatic N) is 2. The number of methoxy groups -OCH3 is 1. The summed E-state index contributed by atoms with van der Waals surface area (Å²) in [6.07, 6.45) is 1.47. The molecule has 0 aromatic heterocycles. The van der Waals surface area contributed by atoms with Crippen LogP contribution in [-0.2, 0) is 16.6 Å². The lowest BCUT2D eigenvalue weighted by atomic mass is 10.1. The molecule has 10 heteroatoms. The number of nitrogens with one attached hydrogen (secondary N) is 1. The summed E-state index contributed by atoms with van der Waals surface area (Å²) in [5.41, 5.74) is 4.31. The molecule has 4 aromatic carbocycles. The van der Waals surface area contributed by atoms with Crippen molar-refractivity contribution >= 4 is 27.8 Å². The first kappa shape index (κ1) is 25.8. The molecule has 0 unspecified atom stereocenters. The Morgan fingerprint density at radius 3 is 2.44 bits per heavy atom. The standard InChI is InChI=1S/C29H25N3O6S/c1-36-23-12-14-24(15-13-23)39(34,35)32(19-21-7-3-2-4-8-21)26-10-6-5-9-25(26)29(33)31-30-18-22-11-16-27-28(17-22)38-20-37-27/h2-18H,19-20H2,1H3,(H,31,33)/b30-18-. The number of hydrogen-bond donors (Lipinski definition) is 1. The minimum absolute atomic E-state index is 0.0138. The van der Waals surface area contributed by atoms with E-state index in [-0.39, 0.29) is 29.5 Å². The van der Waals surface area contributed by atoms with Gasteiger partial charge in [-0.15, -0.1) is 0 Å². The summed E-state index contributed by atoms with van der Waals surface area (Å²) in [5, 5.41) is 4.06. The Kier molecular flexibility index (Phi) is 7.46. The van der Waals surface area contributed by atoms with E-state index in [0.29, 0.717) is 22.8 Å². The van der Waals surface area contributed by atoms with Crippen molar-refractivity contribution in [1.82, 2.24) is 5.43 Å². The molecule has 1 aliphatic rings. The minimum Gasteiger partial charge on any atom is -0.497 e. The summed E-state index contributed by atoms with van der Waals surface area (Å²) in [6, 6.07) is 27.1. The van der Waals surface area contributed by atoms with Gasteiger partial charge in [0, 0.05) is 0 Å². The molecule has 1 N–H and O–H groups in total. The van der Waals surface area contributed by atoms with Gasteiger partial charge < -0.3 is 14.2 Å². The maximum Gasteiger partial charge on any atom is 0.273 e. The molecule has 1 amide bonds. The Labute approximate surface area is 226 Å². The number of benzene rings is 4. The van der Waals surface area contributed by atoms with E-state index >= 15 is 0 Å². The molecule has 0 aliphatic carbocycles. The van der Waals surface area contributed by atoms with Gasteiger partial charge in [0.1, 0.15) is 5.75 Å². The SMILES string of the molecule is COc1ccc(S(=O)(=O)N(Cc2ccccc2)c2ccccc2C(=O)N/N=C\c2ccc3c(c2)OCO3)cc1. The van der Waals surface area contributed by atoms with Crippen molar-refractivity contribution < 1.29 is 27.4 Å². The zero-order chi connectivity index (χ0) is 27.2. The highest BCUT2D eigenvalue weighted by Crippen LogP contribution is 2.32. The highest BCUT2D eigenvalue weighted by Gasteiger charge is 2.28. The minimum atomic E-state index is -4.07. The Morgan fingerprint density at radius 2 is 1.67 bits per heavy atom. The first-order valence-electron chi connectivity index (χ1n) is 12.0. The van der Waals surface area contributed by atoms with Crippen LogP contribution in [0.2, 0.25) is 0 Å². The van der Waals surface area contributed by atoms with Crippen molar-refractivity contribution in [2.75, 3.05) is 18.2 Å². The molecule has 0 saturated heterocycles. The van der Waals surface area contributed by atoms with Crippen LogP contribution in [-0.4, -0.2) is 34.4 Å². The van der Waals surface area contributed by atoms with E-state index in [4.69, 9.17) is 14.2 Å². The molecule has 0 bridgehead atoms. The fourth-order valence-electron chi connectivity index (χ4n) is 4.03. The Hall–Kier alpha value is -4.83. The summed E-state index contributed by atoms with van der Waals surface area (Å²) in [4.78, 5) is 13.3. The van der Waals surface area contributed by atoms with E-state index in [2.05, 4.69) is 10.5 Å². The number of carbonyl (C=O) groups is 1. The number of hydrogen-bond acceptors (Lipinski definition) is 7. The second-order valence-corrected chi connectivity index (χ2v) is 10.4. The van der Waals surface area contributed by atoms with E-state index in [0.717, 1.165) is 5.56 Å². The van der Waals surface area contributed by atoms with Gasteiger partial charge in [0.2, 0.25) is 6.79 Å². The fraction of sp³-hybridized carbons (Fsp3) is 0.103. The summed E-state index contributed by atoms with van der Waals surface area (Å²) in [5.74, 6) is 1.20. The smallest absolute Gasteiger partial charge is 0.273 e. The first-order valence-corrected chi connectivity index (χ1v) is 13.4. The average Bonchev–Trinajstić information content (AvgIpc) is 3.44. The second-order valence-electron chi connectivity index (χ2n) is 8.50. The summed E-state index contributed by atoms with van der Waals surface area (Å²) < 4.78 is 44.9. The third-order valence-corrected chi connectivity index (χ3v) is 7.78. The van der Waals surface area contributed by atoms with Crippen LogP contribution in [0.4, 0.5) is 5.69 Å². The number of para-hydroxylation sites is 1. The number of rotatable bonds is 9. The van der Waals surface area contributed by atoms with E-state index in [1.807, 2.05) is 30.3 Å². The van der Waals surface area contributed by atoms with Crippen LogP contribution in [0.15, 0.2) is 107 Å². The molecular formula is C29H25N3O6S. The number of ether oxygens (including phenoxy) is 3. The predicted octanol–water partition coefficient (Wildman–Crippen LogP) is 4.58. The molecule has 5 rings (SSSR count). The van der Waals surface area contributed by atoms with Gasteiger partial charge in [-0.25, -0.2) is 13.8 Å². The van der Waals surface area contributed by atoms with Crippen LogP contribution in [0.3, 0.4) is 0 Å². The summed E-state index contributed by atoms with van der Waals surface area (Å²) in [6.45, 7) is 0.169. The van der Waals surface area contributed by atoms with Crippen molar-refractivity contribution in [3.8, 4) is 17.2 Å². The molecule has 0 spiro atoms. The second kappa shape index (κ2) is 11.3. The molecule has 198 valence electrons. The molecule has 1 aliphatic heterocycles. The molecule has 0 radical (unpaired) electrons. The van der Waals surface area contributed by atoms with Gasteiger partial charge in [0.15, 0.2) is 11.5 Å². The van der Waals surface area contributed by atoms with Crippen LogP contribution in [0.25, 0.3) is 0 Å². The topological polar surface area (TPSA) is 107 Å². The number of fused-ring (bicyclic) bond motifs is 1. The van der Waals surface area contributed by atoms with Crippen molar-refractivity contribution in [2.45, 2.75) is 11.4 Å². The molecule has 0 atom stereocenters. The zero-order valence-electron chi connectivity index (χ0n) is 21.0. The monoisotopic (exact) mass is 543 g/mol. The van der Waals surface area contributed by atoms with Crippen LogP contribution in [0.5, 0.6) is 17.2 Å². The number of hydrazone groups is 1. The lowest BCUT2D eigenvalue weighted by molar-refractivity contribution is 0.0955. The first-order chi connectivity index (χ1) is 19.0. The molecule has 1 heterocycles. The van der Waals surface area contributed by atoms with Crippen molar-refractivity contribution in [3.05, 3.63) is 114 Å². The van der Waals surface area contributed by atoms with Crippen LogP contribution in [0, 0.1) is 0 Å². The highest BCUT2D eigenvalue weighted by atomic mass is 32.2. The van der Waals surface area contributed by atoms with Gasteiger partial charge >= 0.3 is 0 Å². The zero-order valence-corrected chi connectivity index (χ0v) is 21.8. The quantitative estimate of drug-likeness (QED) is 0.245. The van der Waals surface area contributed by atoms with E-state index in [9.17, 15) is 13.2 Å². The van der Waals surface area contributed by atoms with Crippen molar-refractivity contribution in [2.24, 2.45) is 5.10 Å². The lowest BCUT2D eigenvalue weighted by Crippen LogP contribution is -2.33. The third-order valence-electron chi connectivity index (χ3n) is 6.01. The van der Waals surface area contributed by atoms with Gasteiger partial charge in [-0.2, -0.15) is 5.10 Å². The van der Waals surface area contributed by atoms with Crippen LogP contribution in [0.1, 0.15) is 21.5 Å². The number of sulfonamides is 1. The van der Waals surface area contributed by atoms with Gasteiger partial charge in [-0.3, -0.25) is 9.10 Å². The Morgan fingerprint density at radius 1 is 0.949 bits per heavy atom. The van der Waals surface area contributed by atoms with Gasteiger partial charge in [0.25, 0.3) is 15.9 Å². The van der Waals surface area contributed by atoms with Crippen molar-refractivity contribution in [1.29, 1.82) is 0 Å². The van der Waals surface area contributed by atoms with Crippen molar-refractivity contribution in [3.63, 3.8) is 0 Å². The average molecular weight is 544 g/mol. The predicted molar refractivity (Wildman–Crippen MR) is 147 cm³/mol. The molecule has 0 saturated carbocycles. The van der Waals surface area contributed by atoms with Crippen LogP contribution < -0.4 is 23.9 Å². The molecule has 0 fully saturated rings. The number of carbonyl (C=O) groups excluding carboxylic acids is 1. The molecule has 9 nitrogen and oxygen atoms in total. The van der Waals surface area contributed by atoms with Gasteiger partial charge in [-0.1, -0.05) is 42.5 Å². The Balaban J connectivity index is 1.46. The van der Waals surface area contributed by atoms with Gasteiger partial charge in [0.05, 0.1) is 36.0 Å². The molecular weight excluding hydrogens is 518 g/mol. The summed E-state index contributed by atoms with van der Waals surface area (Å²) >= 11 is 0.